The summed E-state index contributed by atoms with van der Waals surface area (Å²) in [5.74, 6) is -0.575. The summed E-state index contributed by atoms with van der Waals surface area (Å²) in [5, 5.41) is 5.77. The van der Waals surface area contributed by atoms with Gasteiger partial charge in [0, 0.05) is 37.0 Å². The minimum atomic E-state index is -0.505. The zero-order valence-electron chi connectivity index (χ0n) is 21.8. The van der Waals surface area contributed by atoms with E-state index in [2.05, 4.69) is 17.2 Å². The van der Waals surface area contributed by atoms with E-state index in [0.29, 0.717) is 28.4 Å². The molecule has 2 aromatic carbocycles. The number of benzene rings is 2. The van der Waals surface area contributed by atoms with E-state index in [-0.39, 0.29) is 40.5 Å². The van der Waals surface area contributed by atoms with Gasteiger partial charge in [-0.25, -0.2) is 4.39 Å². The fraction of sp³-hybridized carbons (Fsp3) is 0.250. The molecule has 3 aromatic rings. The summed E-state index contributed by atoms with van der Waals surface area (Å²) >= 11 is 0. The molecule has 0 aliphatic carbocycles. The van der Waals surface area contributed by atoms with Gasteiger partial charge in [0.25, 0.3) is 11.5 Å². The highest BCUT2D eigenvalue weighted by atomic mass is 19.1. The monoisotopic (exact) mass is 503 g/mol. The molecule has 0 saturated heterocycles. The van der Waals surface area contributed by atoms with Crippen LogP contribution < -0.4 is 21.1 Å². The molecule has 37 heavy (non-hydrogen) atoms. The van der Waals surface area contributed by atoms with Crippen molar-refractivity contribution in [1.82, 2.24) is 9.47 Å². The molecule has 1 aromatic heterocycles. The zero-order valence-corrected chi connectivity index (χ0v) is 21.8. The van der Waals surface area contributed by atoms with Crippen LogP contribution in [0, 0.1) is 19.7 Å². The number of aromatic nitrogens is 1. The van der Waals surface area contributed by atoms with Crippen LogP contribution in [0.4, 0.5) is 33.0 Å². The fourth-order valence-electron chi connectivity index (χ4n) is 4.61. The average Bonchev–Trinajstić information content (AvgIpc) is 2.81. The number of amides is 2. The Morgan fingerprint density at radius 1 is 1.08 bits per heavy atom. The van der Waals surface area contributed by atoms with Crippen molar-refractivity contribution in [3.05, 3.63) is 87.7 Å². The van der Waals surface area contributed by atoms with E-state index in [0.717, 1.165) is 5.56 Å². The smallest absolute Gasteiger partial charge is 0.265 e. The average molecular weight is 504 g/mol. The Morgan fingerprint density at radius 3 is 2.41 bits per heavy atom. The molecule has 2 amide bonds. The van der Waals surface area contributed by atoms with Crippen molar-refractivity contribution in [3.8, 4) is 0 Å². The van der Waals surface area contributed by atoms with Crippen LogP contribution in [0.1, 0.15) is 42.3 Å². The molecular weight excluding hydrogens is 473 g/mol. The van der Waals surface area contributed by atoms with Crippen molar-refractivity contribution in [3.63, 3.8) is 0 Å². The number of hydrogen-bond donors (Lipinski definition) is 2. The quantitative estimate of drug-likeness (QED) is 0.492. The van der Waals surface area contributed by atoms with Gasteiger partial charge in [0.1, 0.15) is 23.0 Å². The highest BCUT2D eigenvalue weighted by Crippen LogP contribution is 2.44. The summed E-state index contributed by atoms with van der Waals surface area (Å²) in [6, 6.07) is 11.5. The maximum Gasteiger partial charge on any atom is 0.265 e. The van der Waals surface area contributed by atoms with Gasteiger partial charge in [0.2, 0.25) is 5.91 Å². The summed E-state index contributed by atoms with van der Waals surface area (Å²) in [5.41, 5.74) is 2.57. The number of aryl methyl sites for hydroxylation is 1. The van der Waals surface area contributed by atoms with Crippen molar-refractivity contribution in [1.29, 1.82) is 0 Å². The molecule has 4 rings (SSSR count). The van der Waals surface area contributed by atoms with Gasteiger partial charge in [0.15, 0.2) is 0 Å². The van der Waals surface area contributed by atoms with Gasteiger partial charge >= 0.3 is 0 Å². The van der Waals surface area contributed by atoms with Gasteiger partial charge in [-0.05, 0) is 63.6 Å². The third-order valence-corrected chi connectivity index (χ3v) is 6.30. The van der Waals surface area contributed by atoms with Crippen molar-refractivity contribution >= 4 is 40.4 Å². The van der Waals surface area contributed by atoms with Crippen LogP contribution in [-0.2, 0) is 11.8 Å². The topological polar surface area (TPSA) is 86.7 Å². The van der Waals surface area contributed by atoms with Gasteiger partial charge in [-0.1, -0.05) is 18.7 Å². The van der Waals surface area contributed by atoms with E-state index in [1.165, 1.54) is 22.5 Å². The van der Waals surface area contributed by atoms with Crippen LogP contribution in [0.25, 0.3) is 0 Å². The molecule has 9 heteroatoms. The molecule has 0 atom stereocenters. The lowest BCUT2D eigenvalue weighted by molar-refractivity contribution is -0.114. The molecule has 2 N–H and O–H groups in total. The van der Waals surface area contributed by atoms with Gasteiger partial charge in [0.05, 0.1) is 11.4 Å². The molecule has 2 heterocycles. The summed E-state index contributed by atoms with van der Waals surface area (Å²) in [4.78, 5) is 42.3. The van der Waals surface area contributed by atoms with Crippen molar-refractivity contribution in [2.75, 3.05) is 15.5 Å². The lowest BCUT2D eigenvalue weighted by Gasteiger charge is -2.43. The van der Waals surface area contributed by atoms with Gasteiger partial charge in [-0.3, -0.25) is 28.8 Å². The molecule has 192 valence electrons. The predicted molar refractivity (Wildman–Crippen MR) is 144 cm³/mol. The van der Waals surface area contributed by atoms with E-state index in [9.17, 15) is 18.8 Å². The summed E-state index contributed by atoms with van der Waals surface area (Å²) in [6.07, 6.45) is 0. The number of halogens is 1. The van der Waals surface area contributed by atoms with Crippen molar-refractivity contribution < 1.29 is 14.0 Å². The first-order valence-corrected chi connectivity index (χ1v) is 11.9. The summed E-state index contributed by atoms with van der Waals surface area (Å²) < 4.78 is 16.2. The second-order valence-corrected chi connectivity index (χ2v) is 9.42. The van der Waals surface area contributed by atoms with Crippen LogP contribution in [0.2, 0.25) is 0 Å². The maximum atomic E-state index is 14.8. The fourth-order valence-corrected chi connectivity index (χ4v) is 4.61. The molecule has 1 aliphatic rings. The maximum absolute atomic E-state index is 14.8. The number of pyridine rings is 1. The Balaban J connectivity index is 2.03. The molecule has 1 aliphatic heterocycles. The number of rotatable bonds is 5. The van der Waals surface area contributed by atoms with Crippen molar-refractivity contribution in [2.45, 2.75) is 40.7 Å². The molecule has 0 radical (unpaired) electrons. The van der Waals surface area contributed by atoms with Gasteiger partial charge < -0.3 is 10.6 Å². The van der Waals surface area contributed by atoms with Crippen LogP contribution in [0.3, 0.4) is 0 Å². The van der Waals surface area contributed by atoms with Crippen LogP contribution in [0.15, 0.2) is 59.7 Å². The predicted octanol–water partition coefficient (Wildman–Crippen LogP) is 5.32. The minimum absolute atomic E-state index is 0.138. The number of carbonyl (C=O) groups is 2. The van der Waals surface area contributed by atoms with Crippen LogP contribution >= 0.6 is 0 Å². The van der Waals surface area contributed by atoms with Gasteiger partial charge in [-0.2, -0.15) is 0 Å². The van der Waals surface area contributed by atoms with E-state index < -0.39 is 5.82 Å². The lowest BCUT2D eigenvalue weighted by Crippen LogP contribution is -2.47. The summed E-state index contributed by atoms with van der Waals surface area (Å²) in [7, 11) is 1.54. The first kappa shape index (κ1) is 25.7. The van der Waals surface area contributed by atoms with E-state index in [1.807, 2.05) is 13.8 Å². The first-order chi connectivity index (χ1) is 17.4. The zero-order chi connectivity index (χ0) is 27.2. The number of nitrogens with one attached hydrogen (secondary N) is 2. The number of fused-ring (bicyclic) bond motifs is 1. The molecule has 8 nitrogen and oxygen atoms in total. The standard InChI is InChI=1S/C28H30FN5O3/c1-15(2)33-19(6)34(21-10-8-9-20(14-21)30-18(5)35)25-17(4)27(36)32(7)26(24(25)28(33)37)31-23-12-11-16(3)13-22(23)29/h8-15,31H,6H2,1-5,7H3,(H,30,35). The first-order valence-electron chi connectivity index (χ1n) is 11.9. The SMILES string of the molecule is C=C1N(c2cccc(NC(C)=O)c2)c2c(c(Nc3ccc(C)cc3F)n(C)c(=O)c2C)C(=O)N1C(C)C. The van der Waals surface area contributed by atoms with Gasteiger partial charge in [-0.15, -0.1) is 0 Å². The number of nitrogens with zero attached hydrogens (tertiary/aromatic N) is 3. The van der Waals surface area contributed by atoms with E-state index >= 15 is 0 Å². The third-order valence-electron chi connectivity index (χ3n) is 6.30. The van der Waals surface area contributed by atoms with Crippen LogP contribution in [-0.4, -0.2) is 27.3 Å². The second kappa shape index (κ2) is 9.57. The molecule has 0 unspecified atom stereocenters. The molecular formula is C28H30FN5O3. The Hall–Kier alpha value is -4.40. The van der Waals surface area contributed by atoms with Crippen LogP contribution in [0.5, 0.6) is 0 Å². The van der Waals surface area contributed by atoms with E-state index in [4.69, 9.17) is 0 Å². The van der Waals surface area contributed by atoms with Crippen molar-refractivity contribution in [2.24, 2.45) is 7.05 Å². The molecule has 0 bridgehead atoms. The summed E-state index contributed by atoms with van der Waals surface area (Å²) in [6.45, 7) is 12.8. The number of carbonyl (C=O) groups excluding carboxylic acids is 2. The molecule has 0 spiro atoms. The largest absolute Gasteiger partial charge is 0.338 e. The number of anilines is 5. The number of hydrogen-bond acceptors (Lipinski definition) is 5. The Labute approximate surface area is 215 Å². The second-order valence-electron chi connectivity index (χ2n) is 9.42. The Bertz CT molecular complexity index is 1510. The molecule has 0 saturated carbocycles. The highest BCUT2D eigenvalue weighted by Gasteiger charge is 2.40. The molecule has 0 fully saturated rings. The Kier molecular flexibility index (Phi) is 6.64. The normalized spacial score (nSPS) is 13.2. The lowest BCUT2D eigenvalue weighted by atomic mass is 10.0. The highest BCUT2D eigenvalue weighted by molar-refractivity contribution is 6.10. The Morgan fingerprint density at radius 2 is 1.78 bits per heavy atom. The van der Waals surface area contributed by atoms with E-state index in [1.54, 1.807) is 62.2 Å². The minimum Gasteiger partial charge on any atom is -0.338 e. The third kappa shape index (κ3) is 4.48.